The maximum absolute atomic E-state index is 11.6. The summed E-state index contributed by atoms with van der Waals surface area (Å²) >= 11 is 5.82. The normalized spacial score (nSPS) is 10.5. The maximum atomic E-state index is 11.6. The summed E-state index contributed by atoms with van der Waals surface area (Å²) in [5.41, 5.74) is 3.69. The molecule has 0 atom stereocenters. The van der Waals surface area contributed by atoms with Gasteiger partial charge in [0, 0.05) is 17.4 Å². The number of hydrogen-bond donors (Lipinski definition) is 1. The first-order valence-electron chi connectivity index (χ1n) is 5.25. The van der Waals surface area contributed by atoms with E-state index in [1.165, 1.54) is 12.4 Å². The Hall–Kier alpha value is -2.20. The van der Waals surface area contributed by atoms with Gasteiger partial charge in [0.05, 0.1) is 11.8 Å². The number of nitrogens with zero attached hydrogens (tertiary/aromatic N) is 2. The second kappa shape index (κ2) is 5.93. The summed E-state index contributed by atoms with van der Waals surface area (Å²) in [4.78, 5) is 15.5. The molecule has 2 rings (SSSR count). The number of rotatable bonds is 3. The highest BCUT2D eigenvalue weighted by molar-refractivity contribution is 6.30. The van der Waals surface area contributed by atoms with Gasteiger partial charge in [-0.05, 0) is 29.8 Å². The quantitative estimate of drug-likeness (QED) is 0.680. The summed E-state index contributed by atoms with van der Waals surface area (Å²) in [7, 11) is 0. The highest BCUT2D eigenvalue weighted by atomic mass is 35.5. The molecule has 4 nitrogen and oxygen atoms in total. The van der Waals surface area contributed by atoms with Crippen LogP contribution in [0.4, 0.5) is 0 Å². The Morgan fingerprint density at radius 2 is 2.22 bits per heavy atom. The van der Waals surface area contributed by atoms with Crippen molar-refractivity contribution >= 4 is 23.7 Å². The molecule has 0 spiro atoms. The number of amides is 1. The molecule has 1 aromatic heterocycles. The Morgan fingerprint density at radius 1 is 1.33 bits per heavy atom. The number of aromatic nitrogens is 1. The summed E-state index contributed by atoms with van der Waals surface area (Å²) in [6.07, 6.45) is 4.61. The van der Waals surface area contributed by atoms with Crippen LogP contribution in [0.5, 0.6) is 0 Å². The summed E-state index contributed by atoms with van der Waals surface area (Å²) < 4.78 is 0. The Labute approximate surface area is 109 Å². The number of hydrazone groups is 1. The first-order chi connectivity index (χ1) is 8.75. The van der Waals surface area contributed by atoms with E-state index < -0.39 is 0 Å². The monoisotopic (exact) mass is 259 g/mol. The van der Waals surface area contributed by atoms with E-state index in [0.717, 1.165) is 5.56 Å². The number of nitrogens with one attached hydrogen (secondary N) is 1. The molecular formula is C13H10ClN3O. The van der Waals surface area contributed by atoms with Crippen LogP contribution < -0.4 is 5.43 Å². The third-order valence-electron chi connectivity index (χ3n) is 2.15. The molecular weight excluding hydrogens is 250 g/mol. The van der Waals surface area contributed by atoms with Gasteiger partial charge >= 0.3 is 0 Å². The van der Waals surface area contributed by atoms with Crippen LogP contribution in [0.1, 0.15) is 15.9 Å². The van der Waals surface area contributed by atoms with Crippen LogP contribution in [-0.2, 0) is 0 Å². The van der Waals surface area contributed by atoms with Gasteiger partial charge < -0.3 is 0 Å². The molecule has 90 valence electrons. The molecule has 1 N–H and O–H groups in total. The van der Waals surface area contributed by atoms with E-state index in [1.807, 2.05) is 12.1 Å². The lowest BCUT2D eigenvalue weighted by atomic mass is 10.2. The standard InChI is InChI=1S/C13H10ClN3O/c14-12-5-1-3-10(7-12)8-16-17-13(18)11-4-2-6-15-9-11/h1-9H,(H,17,18)/b16-8+. The van der Waals surface area contributed by atoms with Crippen molar-refractivity contribution in [3.8, 4) is 0 Å². The highest BCUT2D eigenvalue weighted by Crippen LogP contribution is 2.08. The van der Waals surface area contributed by atoms with Crippen LogP contribution in [0.2, 0.25) is 5.02 Å². The van der Waals surface area contributed by atoms with E-state index in [1.54, 1.807) is 30.5 Å². The summed E-state index contributed by atoms with van der Waals surface area (Å²) in [6.45, 7) is 0. The molecule has 18 heavy (non-hydrogen) atoms. The first-order valence-corrected chi connectivity index (χ1v) is 5.62. The predicted octanol–water partition coefficient (Wildman–Crippen LogP) is 2.50. The second-order valence-corrected chi connectivity index (χ2v) is 3.93. The zero-order valence-electron chi connectivity index (χ0n) is 9.38. The minimum atomic E-state index is -0.304. The Kier molecular flexibility index (Phi) is 4.04. The number of benzene rings is 1. The predicted molar refractivity (Wildman–Crippen MR) is 70.7 cm³/mol. The van der Waals surface area contributed by atoms with Crippen molar-refractivity contribution in [2.75, 3.05) is 0 Å². The first kappa shape index (κ1) is 12.3. The van der Waals surface area contributed by atoms with E-state index in [9.17, 15) is 4.79 Å². The molecule has 1 amide bonds. The van der Waals surface area contributed by atoms with Crippen LogP contribution in [-0.4, -0.2) is 17.1 Å². The fraction of sp³-hybridized carbons (Fsp3) is 0. The number of carbonyl (C=O) groups excluding carboxylic acids is 1. The Morgan fingerprint density at radius 3 is 2.94 bits per heavy atom. The number of hydrogen-bond acceptors (Lipinski definition) is 3. The largest absolute Gasteiger partial charge is 0.272 e. The fourth-order valence-electron chi connectivity index (χ4n) is 1.31. The van der Waals surface area contributed by atoms with Crippen LogP contribution in [0, 0.1) is 0 Å². The summed E-state index contributed by atoms with van der Waals surface area (Å²) in [5, 5.41) is 4.47. The van der Waals surface area contributed by atoms with E-state index in [2.05, 4.69) is 15.5 Å². The minimum Gasteiger partial charge on any atom is -0.267 e. The van der Waals surface area contributed by atoms with Crippen molar-refractivity contribution in [3.63, 3.8) is 0 Å². The molecule has 0 aliphatic heterocycles. The van der Waals surface area contributed by atoms with Gasteiger partial charge in [0.2, 0.25) is 0 Å². The number of halogens is 1. The van der Waals surface area contributed by atoms with Crippen molar-refractivity contribution in [2.45, 2.75) is 0 Å². The van der Waals surface area contributed by atoms with Gasteiger partial charge in [-0.1, -0.05) is 23.7 Å². The SMILES string of the molecule is O=C(N/N=C/c1cccc(Cl)c1)c1cccnc1. The zero-order valence-corrected chi connectivity index (χ0v) is 10.1. The number of carbonyl (C=O) groups is 1. The molecule has 0 aliphatic carbocycles. The van der Waals surface area contributed by atoms with Gasteiger partial charge in [0.25, 0.3) is 5.91 Å². The molecule has 2 aromatic rings. The van der Waals surface area contributed by atoms with Crippen molar-refractivity contribution in [3.05, 3.63) is 64.9 Å². The zero-order chi connectivity index (χ0) is 12.8. The van der Waals surface area contributed by atoms with Crippen molar-refractivity contribution in [1.82, 2.24) is 10.4 Å². The maximum Gasteiger partial charge on any atom is 0.272 e. The molecule has 0 fully saturated rings. The topological polar surface area (TPSA) is 54.4 Å². The van der Waals surface area contributed by atoms with Gasteiger partial charge in [-0.25, -0.2) is 5.43 Å². The lowest BCUT2D eigenvalue weighted by Crippen LogP contribution is -2.17. The molecule has 0 saturated heterocycles. The number of pyridine rings is 1. The highest BCUT2D eigenvalue weighted by Gasteiger charge is 2.02. The van der Waals surface area contributed by atoms with Crippen molar-refractivity contribution in [2.24, 2.45) is 5.10 Å². The van der Waals surface area contributed by atoms with Crippen LogP contribution in [0.25, 0.3) is 0 Å². The third kappa shape index (κ3) is 3.40. The average molecular weight is 260 g/mol. The summed E-state index contributed by atoms with van der Waals surface area (Å²) in [5.74, 6) is -0.304. The second-order valence-electron chi connectivity index (χ2n) is 3.50. The Balaban J connectivity index is 1.98. The van der Waals surface area contributed by atoms with Crippen LogP contribution in [0.15, 0.2) is 53.9 Å². The van der Waals surface area contributed by atoms with Crippen LogP contribution >= 0.6 is 11.6 Å². The third-order valence-corrected chi connectivity index (χ3v) is 2.39. The smallest absolute Gasteiger partial charge is 0.267 e. The minimum absolute atomic E-state index is 0.304. The molecule has 0 bridgehead atoms. The van der Waals surface area contributed by atoms with Gasteiger partial charge in [0.1, 0.15) is 0 Å². The fourth-order valence-corrected chi connectivity index (χ4v) is 1.51. The Bertz CT molecular complexity index is 569. The van der Waals surface area contributed by atoms with E-state index >= 15 is 0 Å². The van der Waals surface area contributed by atoms with Crippen LogP contribution in [0.3, 0.4) is 0 Å². The molecule has 5 heteroatoms. The van der Waals surface area contributed by atoms with Gasteiger partial charge in [-0.3, -0.25) is 9.78 Å². The van der Waals surface area contributed by atoms with Gasteiger partial charge in [-0.15, -0.1) is 0 Å². The molecule has 0 saturated carbocycles. The molecule has 1 heterocycles. The van der Waals surface area contributed by atoms with Gasteiger partial charge in [0.15, 0.2) is 0 Å². The molecule has 1 aromatic carbocycles. The lowest BCUT2D eigenvalue weighted by Gasteiger charge is -1.98. The van der Waals surface area contributed by atoms with E-state index in [0.29, 0.717) is 10.6 Å². The summed E-state index contributed by atoms with van der Waals surface area (Å²) in [6, 6.07) is 10.5. The lowest BCUT2D eigenvalue weighted by molar-refractivity contribution is 0.0955. The van der Waals surface area contributed by atoms with E-state index in [-0.39, 0.29) is 5.91 Å². The van der Waals surface area contributed by atoms with Crippen molar-refractivity contribution in [1.29, 1.82) is 0 Å². The van der Waals surface area contributed by atoms with Crippen molar-refractivity contribution < 1.29 is 4.79 Å². The van der Waals surface area contributed by atoms with E-state index in [4.69, 9.17) is 11.6 Å². The average Bonchev–Trinajstić information content (AvgIpc) is 2.40. The molecule has 0 unspecified atom stereocenters. The van der Waals surface area contributed by atoms with Gasteiger partial charge in [-0.2, -0.15) is 5.10 Å². The molecule has 0 radical (unpaired) electrons. The molecule has 0 aliphatic rings.